The molecule has 310 valence electrons. The second-order valence-corrected chi connectivity index (χ2v) is 14.6. The van der Waals surface area contributed by atoms with E-state index in [0.717, 1.165) is 22.3 Å². The van der Waals surface area contributed by atoms with E-state index in [2.05, 4.69) is 31.9 Å². The van der Waals surface area contributed by atoms with Gasteiger partial charge in [-0.25, -0.2) is 0 Å². The highest BCUT2D eigenvalue weighted by molar-refractivity contribution is 9.10. The third-order valence-corrected chi connectivity index (χ3v) is 11.3. The highest BCUT2D eigenvalue weighted by Crippen LogP contribution is 2.45. The van der Waals surface area contributed by atoms with Crippen LogP contribution < -0.4 is 47.4 Å². The van der Waals surface area contributed by atoms with Gasteiger partial charge in [-0.2, -0.15) is 0 Å². The van der Waals surface area contributed by atoms with Crippen LogP contribution in [0, 0.1) is 0 Å². The van der Waals surface area contributed by atoms with Gasteiger partial charge in [0.05, 0.1) is 71.1 Å². The summed E-state index contributed by atoms with van der Waals surface area (Å²) in [6.07, 6.45) is -1.67. The Morgan fingerprint density at radius 1 is 0.328 bits per heavy atom. The predicted octanol–water partition coefficient (Wildman–Crippen LogP) is 8.64. The molecule has 0 heterocycles. The molecule has 12 nitrogen and oxygen atoms in total. The standard InChI is InChI=1S/C44H48Br2O12/c1-49-33-13-23(11-25-15-35(51-3)37(53-5)17-27(25)43(47)29-19-39(55-7)41(57-9)21-31(29)45)24(14-34(33)50-2)12-26-16-36(52-4)38(54-6)18-28(26)44(48)30-20-40(56-8)42(58-10)22-32(30)46/h13-22,43-44,47-48H,11-12H2,1-10H3/t43-,44-/m1/s1. The number of aliphatic hydroxyl groups is 2. The van der Waals surface area contributed by atoms with Gasteiger partial charge in [-0.05, 0) is 107 Å². The second-order valence-electron chi connectivity index (χ2n) is 12.9. The number of benzene rings is 5. The van der Waals surface area contributed by atoms with Crippen LogP contribution in [0.15, 0.2) is 69.6 Å². The lowest BCUT2D eigenvalue weighted by atomic mass is 9.87. The van der Waals surface area contributed by atoms with Crippen molar-refractivity contribution < 1.29 is 57.6 Å². The van der Waals surface area contributed by atoms with Gasteiger partial charge in [0.25, 0.3) is 0 Å². The molecule has 0 fully saturated rings. The topological polar surface area (TPSA) is 133 Å². The first-order valence-corrected chi connectivity index (χ1v) is 19.4. The van der Waals surface area contributed by atoms with Gasteiger partial charge in [0, 0.05) is 20.1 Å². The quantitative estimate of drug-likeness (QED) is 0.0872. The van der Waals surface area contributed by atoms with E-state index < -0.39 is 12.2 Å². The predicted molar refractivity (Wildman–Crippen MR) is 227 cm³/mol. The highest BCUT2D eigenvalue weighted by atomic mass is 79.9. The van der Waals surface area contributed by atoms with E-state index in [9.17, 15) is 10.2 Å². The summed E-state index contributed by atoms with van der Waals surface area (Å²) in [6.45, 7) is 0. The van der Waals surface area contributed by atoms with Gasteiger partial charge in [-0.15, -0.1) is 0 Å². The van der Waals surface area contributed by atoms with Crippen LogP contribution in [-0.4, -0.2) is 81.3 Å². The van der Waals surface area contributed by atoms with Crippen LogP contribution in [0.25, 0.3) is 0 Å². The fraction of sp³-hybridized carbons (Fsp3) is 0.318. The van der Waals surface area contributed by atoms with Gasteiger partial charge in [-0.1, -0.05) is 31.9 Å². The van der Waals surface area contributed by atoms with Crippen LogP contribution >= 0.6 is 31.9 Å². The Morgan fingerprint density at radius 2 is 0.534 bits per heavy atom. The average molecular weight is 929 g/mol. The summed E-state index contributed by atoms with van der Waals surface area (Å²) in [7, 11) is 15.5. The molecule has 0 spiro atoms. The molecule has 14 heteroatoms. The minimum absolute atomic E-state index is 0.305. The van der Waals surface area contributed by atoms with Crippen molar-refractivity contribution in [2.24, 2.45) is 0 Å². The summed E-state index contributed by atoms with van der Waals surface area (Å²) in [5, 5.41) is 24.3. The zero-order valence-electron chi connectivity index (χ0n) is 34.1. The van der Waals surface area contributed by atoms with Crippen molar-refractivity contribution in [1.82, 2.24) is 0 Å². The van der Waals surface area contributed by atoms with Crippen molar-refractivity contribution in [1.29, 1.82) is 0 Å². The SMILES string of the molecule is COc1cc(Br)c([C@H](O)c2cc(OC)c(OC)cc2Cc2cc(OC)c(OC)cc2Cc2cc(OC)c(OC)cc2[C@@H](O)c2cc(OC)c(OC)cc2Br)cc1OC. The summed E-state index contributed by atoms with van der Waals surface area (Å²) in [5.41, 5.74) is 5.37. The zero-order chi connectivity index (χ0) is 42.3. The van der Waals surface area contributed by atoms with Gasteiger partial charge in [0.1, 0.15) is 12.2 Å². The van der Waals surface area contributed by atoms with Crippen LogP contribution in [0.1, 0.15) is 56.7 Å². The molecule has 5 aromatic carbocycles. The van der Waals surface area contributed by atoms with Crippen LogP contribution in [0.5, 0.6) is 57.5 Å². The number of ether oxygens (including phenoxy) is 10. The molecule has 2 N–H and O–H groups in total. The van der Waals surface area contributed by atoms with Crippen molar-refractivity contribution in [3.8, 4) is 57.5 Å². The molecule has 0 aliphatic carbocycles. The number of aliphatic hydroxyl groups excluding tert-OH is 2. The molecule has 0 aromatic heterocycles. The van der Waals surface area contributed by atoms with Crippen molar-refractivity contribution in [3.63, 3.8) is 0 Å². The summed E-state index contributed by atoms with van der Waals surface area (Å²) in [6, 6.07) is 18.0. The summed E-state index contributed by atoms with van der Waals surface area (Å²) in [5.74, 6) is 4.78. The molecule has 2 atom stereocenters. The lowest BCUT2D eigenvalue weighted by molar-refractivity contribution is 0.216. The fourth-order valence-corrected chi connectivity index (χ4v) is 7.96. The first kappa shape index (κ1) is 44.1. The van der Waals surface area contributed by atoms with E-state index in [1.165, 1.54) is 14.2 Å². The van der Waals surface area contributed by atoms with E-state index in [4.69, 9.17) is 47.4 Å². The van der Waals surface area contributed by atoms with Crippen molar-refractivity contribution in [2.45, 2.75) is 25.0 Å². The van der Waals surface area contributed by atoms with Crippen LogP contribution in [0.3, 0.4) is 0 Å². The Kier molecular flexibility index (Phi) is 14.9. The van der Waals surface area contributed by atoms with Crippen LogP contribution in [-0.2, 0) is 12.8 Å². The molecule has 0 aliphatic heterocycles. The Hall–Kier alpha value is -5.02. The van der Waals surface area contributed by atoms with Gasteiger partial charge < -0.3 is 57.6 Å². The minimum Gasteiger partial charge on any atom is -0.493 e. The van der Waals surface area contributed by atoms with E-state index in [0.29, 0.717) is 102 Å². The Balaban J connectivity index is 1.71. The Labute approximate surface area is 355 Å². The van der Waals surface area contributed by atoms with E-state index >= 15 is 0 Å². The third kappa shape index (κ3) is 9.00. The highest BCUT2D eigenvalue weighted by Gasteiger charge is 2.27. The van der Waals surface area contributed by atoms with Gasteiger partial charge in [-0.3, -0.25) is 0 Å². The first-order valence-electron chi connectivity index (χ1n) is 17.9. The number of rotatable bonds is 18. The number of methoxy groups -OCH3 is 10. The molecule has 0 aliphatic rings. The fourth-order valence-electron chi connectivity index (χ4n) is 6.89. The maximum absolute atomic E-state index is 12.1. The van der Waals surface area contributed by atoms with Crippen molar-refractivity contribution in [3.05, 3.63) is 114 Å². The van der Waals surface area contributed by atoms with Crippen LogP contribution in [0.4, 0.5) is 0 Å². The van der Waals surface area contributed by atoms with Crippen LogP contribution in [0.2, 0.25) is 0 Å². The van der Waals surface area contributed by atoms with Crippen molar-refractivity contribution in [2.75, 3.05) is 71.1 Å². The molecular formula is C44H48Br2O12. The second kappa shape index (κ2) is 19.6. The summed E-state index contributed by atoms with van der Waals surface area (Å²) >= 11 is 7.25. The molecule has 58 heavy (non-hydrogen) atoms. The Morgan fingerprint density at radius 3 is 0.793 bits per heavy atom. The van der Waals surface area contributed by atoms with Gasteiger partial charge >= 0.3 is 0 Å². The molecule has 5 aromatic rings. The zero-order valence-corrected chi connectivity index (χ0v) is 37.2. The Bertz CT molecular complexity index is 2090. The molecule has 0 unspecified atom stereocenters. The number of halogens is 2. The van der Waals surface area contributed by atoms with Gasteiger partial charge in [0.2, 0.25) is 0 Å². The molecule has 0 radical (unpaired) electrons. The lowest BCUT2D eigenvalue weighted by Crippen LogP contribution is -2.10. The third-order valence-electron chi connectivity index (χ3n) is 9.94. The number of hydrogen-bond donors (Lipinski definition) is 2. The normalized spacial score (nSPS) is 12.0. The number of hydrogen-bond acceptors (Lipinski definition) is 12. The maximum atomic E-state index is 12.1. The van der Waals surface area contributed by atoms with E-state index in [-0.39, 0.29) is 0 Å². The molecule has 0 saturated carbocycles. The van der Waals surface area contributed by atoms with E-state index in [1.54, 1.807) is 93.3 Å². The first-order chi connectivity index (χ1) is 27.9. The largest absolute Gasteiger partial charge is 0.493 e. The molecule has 0 amide bonds. The average Bonchev–Trinajstić information content (AvgIpc) is 3.25. The monoisotopic (exact) mass is 926 g/mol. The molecule has 5 rings (SSSR count). The molecule has 0 bridgehead atoms. The summed E-state index contributed by atoms with van der Waals surface area (Å²) in [4.78, 5) is 0. The van der Waals surface area contributed by atoms with Gasteiger partial charge in [0.15, 0.2) is 57.5 Å². The smallest absolute Gasteiger partial charge is 0.161 e. The minimum atomic E-state index is -1.14. The summed E-state index contributed by atoms with van der Waals surface area (Å²) < 4.78 is 57.9. The molecular weight excluding hydrogens is 880 g/mol. The maximum Gasteiger partial charge on any atom is 0.161 e. The van der Waals surface area contributed by atoms with E-state index in [1.807, 2.05) is 24.3 Å². The van der Waals surface area contributed by atoms with Crippen molar-refractivity contribution >= 4 is 31.9 Å². The lowest BCUT2D eigenvalue weighted by Gasteiger charge is -2.24. The molecule has 0 saturated heterocycles.